The smallest absolute Gasteiger partial charge is 0.267 e. The number of hydrogen-bond donors (Lipinski definition) is 0. The van der Waals surface area contributed by atoms with Gasteiger partial charge in [0.2, 0.25) is 0 Å². The first-order valence-corrected chi connectivity index (χ1v) is 9.52. The van der Waals surface area contributed by atoms with Crippen LogP contribution in [0.15, 0.2) is 54.7 Å². The molecule has 30 heavy (non-hydrogen) atoms. The Kier molecular flexibility index (Phi) is 4.08. The molecule has 3 heterocycles. The Morgan fingerprint density at radius 2 is 1.73 bits per heavy atom. The van der Waals surface area contributed by atoms with Crippen molar-refractivity contribution in [3.8, 4) is 17.0 Å². The molecule has 0 atom stereocenters. The third-order valence-electron chi connectivity index (χ3n) is 5.16. The molecule has 5 rings (SSSR count). The van der Waals surface area contributed by atoms with Crippen LogP contribution >= 0.6 is 11.6 Å². The van der Waals surface area contributed by atoms with E-state index in [0.29, 0.717) is 33.2 Å². The number of fused-ring (bicyclic) bond motifs is 3. The predicted molar refractivity (Wildman–Crippen MR) is 113 cm³/mol. The number of nitrogens with zero attached hydrogens (tertiary/aromatic N) is 4. The maximum absolute atomic E-state index is 13.4. The average Bonchev–Trinajstić information content (AvgIpc) is 3.23. The van der Waals surface area contributed by atoms with E-state index in [2.05, 4.69) is 10.1 Å². The van der Waals surface area contributed by atoms with E-state index in [-0.39, 0.29) is 11.1 Å². The summed E-state index contributed by atoms with van der Waals surface area (Å²) in [5.74, 6) is -0.196. The zero-order valence-corrected chi connectivity index (χ0v) is 16.8. The van der Waals surface area contributed by atoms with Crippen molar-refractivity contribution in [3.05, 3.63) is 70.9 Å². The standard InChI is InChI=1S/C22H15ClN4O3/c1-26-20-18(19(25-26)12-7-9-13(30-2)10-8-12)17-14(11-24-20)21(28)27(22(17)29)16-6-4-3-5-15(16)23/h3-11H,1-2H3. The van der Waals surface area contributed by atoms with E-state index in [1.54, 1.807) is 43.1 Å². The van der Waals surface area contributed by atoms with Crippen molar-refractivity contribution < 1.29 is 14.3 Å². The van der Waals surface area contributed by atoms with Crippen molar-refractivity contribution in [2.75, 3.05) is 12.0 Å². The summed E-state index contributed by atoms with van der Waals surface area (Å²) >= 11 is 6.27. The van der Waals surface area contributed by atoms with Gasteiger partial charge in [0.1, 0.15) is 11.4 Å². The summed E-state index contributed by atoms with van der Waals surface area (Å²) in [6.07, 6.45) is 1.42. The fourth-order valence-electron chi connectivity index (χ4n) is 3.73. The van der Waals surface area contributed by atoms with E-state index in [1.807, 2.05) is 24.3 Å². The average molecular weight is 419 g/mol. The zero-order chi connectivity index (χ0) is 21.0. The van der Waals surface area contributed by atoms with Crippen LogP contribution in [-0.2, 0) is 7.05 Å². The van der Waals surface area contributed by atoms with Crippen LogP contribution in [0.2, 0.25) is 5.02 Å². The lowest BCUT2D eigenvalue weighted by Gasteiger charge is -2.15. The zero-order valence-electron chi connectivity index (χ0n) is 16.1. The van der Waals surface area contributed by atoms with Crippen LogP contribution in [0.3, 0.4) is 0 Å². The number of methoxy groups -OCH3 is 1. The number of carbonyl (C=O) groups is 2. The SMILES string of the molecule is COc1ccc(-c2nn(C)c3ncc4c(c23)C(=O)N(c2ccccc2Cl)C4=O)cc1. The van der Waals surface area contributed by atoms with Crippen LogP contribution in [0.5, 0.6) is 5.75 Å². The van der Waals surface area contributed by atoms with Gasteiger partial charge in [-0.3, -0.25) is 9.59 Å². The second kappa shape index (κ2) is 6.67. The number of amides is 2. The lowest BCUT2D eigenvalue weighted by atomic mass is 10.0. The fourth-order valence-corrected chi connectivity index (χ4v) is 3.95. The Labute approximate surface area is 176 Å². The number of aromatic nitrogens is 3. The summed E-state index contributed by atoms with van der Waals surface area (Å²) in [6.45, 7) is 0. The highest BCUT2D eigenvalue weighted by atomic mass is 35.5. The first-order valence-electron chi connectivity index (χ1n) is 9.14. The number of para-hydroxylation sites is 1. The van der Waals surface area contributed by atoms with Gasteiger partial charge < -0.3 is 4.74 Å². The minimum Gasteiger partial charge on any atom is -0.497 e. The molecule has 4 aromatic rings. The normalized spacial score (nSPS) is 13.2. The Bertz CT molecular complexity index is 1340. The number of halogens is 1. The van der Waals surface area contributed by atoms with E-state index >= 15 is 0 Å². The molecule has 1 aliphatic heterocycles. The van der Waals surface area contributed by atoms with Crippen molar-refractivity contribution in [1.29, 1.82) is 0 Å². The molecule has 8 heteroatoms. The molecule has 2 amide bonds. The Morgan fingerprint density at radius 1 is 1.00 bits per heavy atom. The first kappa shape index (κ1) is 18.3. The Morgan fingerprint density at radius 3 is 2.43 bits per heavy atom. The summed E-state index contributed by atoms with van der Waals surface area (Å²) < 4.78 is 6.82. The maximum atomic E-state index is 13.4. The van der Waals surface area contributed by atoms with Gasteiger partial charge in [0.25, 0.3) is 11.8 Å². The lowest BCUT2D eigenvalue weighted by Crippen LogP contribution is -2.29. The molecule has 148 valence electrons. The van der Waals surface area contributed by atoms with Crippen molar-refractivity contribution in [2.45, 2.75) is 0 Å². The number of ether oxygens (including phenoxy) is 1. The number of aryl methyl sites for hydroxylation is 1. The van der Waals surface area contributed by atoms with Gasteiger partial charge in [-0.15, -0.1) is 0 Å². The van der Waals surface area contributed by atoms with E-state index < -0.39 is 11.8 Å². The van der Waals surface area contributed by atoms with Crippen LogP contribution in [0, 0.1) is 0 Å². The van der Waals surface area contributed by atoms with Crippen LogP contribution < -0.4 is 9.64 Å². The summed E-state index contributed by atoms with van der Waals surface area (Å²) in [7, 11) is 3.34. The summed E-state index contributed by atoms with van der Waals surface area (Å²) in [4.78, 5) is 32.0. The van der Waals surface area contributed by atoms with Gasteiger partial charge in [0.05, 0.1) is 34.3 Å². The molecule has 0 spiro atoms. The topological polar surface area (TPSA) is 77.3 Å². The molecule has 0 fully saturated rings. The summed E-state index contributed by atoms with van der Waals surface area (Å²) in [5.41, 5.74) is 2.73. The number of rotatable bonds is 3. The van der Waals surface area contributed by atoms with Gasteiger partial charge >= 0.3 is 0 Å². The summed E-state index contributed by atoms with van der Waals surface area (Å²) in [6, 6.07) is 14.1. The molecule has 2 aromatic heterocycles. The molecule has 0 bridgehead atoms. The maximum Gasteiger partial charge on any atom is 0.267 e. The highest BCUT2D eigenvalue weighted by Crippen LogP contribution is 2.38. The molecule has 1 aliphatic rings. The monoisotopic (exact) mass is 418 g/mol. The Hall–Kier alpha value is -3.71. The van der Waals surface area contributed by atoms with E-state index in [9.17, 15) is 9.59 Å². The molecular formula is C22H15ClN4O3. The molecule has 0 N–H and O–H groups in total. The molecule has 0 saturated heterocycles. The fraction of sp³-hybridized carbons (Fsp3) is 0.0909. The third kappa shape index (κ3) is 2.52. The molecule has 7 nitrogen and oxygen atoms in total. The van der Waals surface area contributed by atoms with Crippen LogP contribution in [-0.4, -0.2) is 33.7 Å². The highest BCUT2D eigenvalue weighted by Gasteiger charge is 2.41. The van der Waals surface area contributed by atoms with Crippen molar-refractivity contribution in [1.82, 2.24) is 14.8 Å². The predicted octanol–water partition coefficient (Wildman–Crippen LogP) is 4.10. The highest BCUT2D eigenvalue weighted by molar-refractivity contribution is 6.41. The van der Waals surface area contributed by atoms with Gasteiger partial charge in [0, 0.05) is 18.8 Å². The minimum absolute atomic E-state index is 0.232. The number of anilines is 1. The summed E-state index contributed by atoms with van der Waals surface area (Å²) in [5, 5.41) is 5.43. The first-order chi connectivity index (χ1) is 14.5. The molecule has 0 unspecified atom stereocenters. The van der Waals surface area contributed by atoms with Gasteiger partial charge in [0.15, 0.2) is 5.65 Å². The lowest BCUT2D eigenvalue weighted by molar-refractivity contribution is 0.0926. The largest absolute Gasteiger partial charge is 0.497 e. The molecule has 0 aliphatic carbocycles. The number of carbonyl (C=O) groups excluding carboxylic acids is 2. The van der Waals surface area contributed by atoms with Crippen LogP contribution in [0.25, 0.3) is 22.3 Å². The van der Waals surface area contributed by atoms with Crippen molar-refractivity contribution in [2.24, 2.45) is 7.05 Å². The van der Waals surface area contributed by atoms with E-state index in [0.717, 1.165) is 10.5 Å². The molecule has 2 aromatic carbocycles. The number of imide groups is 1. The van der Waals surface area contributed by atoms with Crippen LogP contribution in [0.4, 0.5) is 5.69 Å². The Balaban J connectivity index is 1.75. The van der Waals surface area contributed by atoms with Crippen molar-refractivity contribution >= 4 is 40.1 Å². The van der Waals surface area contributed by atoms with E-state index in [4.69, 9.17) is 16.3 Å². The van der Waals surface area contributed by atoms with Gasteiger partial charge in [-0.05, 0) is 36.4 Å². The van der Waals surface area contributed by atoms with Gasteiger partial charge in [-0.2, -0.15) is 5.10 Å². The minimum atomic E-state index is -0.456. The second-order valence-corrected chi connectivity index (χ2v) is 7.25. The molecular weight excluding hydrogens is 404 g/mol. The van der Waals surface area contributed by atoms with Gasteiger partial charge in [-0.1, -0.05) is 23.7 Å². The third-order valence-corrected chi connectivity index (χ3v) is 5.48. The number of pyridine rings is 1. The van der Waals surface area contributed by atoms with E-state index in [1.165, 1.54) is 6.20 Å². The molecule has 0 radical (unpaired) electrons. The van der Waals surface area contributed by atoms with Crippen LogP contribution in [0.1, 0.15) is 20.7 Å². The number of hydrogen-bond acceptors (Lipinski definition) is 5. The van der Waals surface area contributed by atoms with Crippen molar-refractivity contribution in [3.63, 3.8) is 0 Å². The number of benzene rings is 2. The molecule has 0 saturated carbocycles. The van der Waals surface area contributed by atoms with Gasteiger partial charge in [-0.25, -0.2) is 14.6 Å². The quantitative estimate of drug-likeness (QED) is 0.468. The second-order valence-electron chi connectivity index (χ2n) is 6.84.